The lowest BCUT2D eigenvalue weighted by Crippen LogP contribution is -2.39. The Morgan fingerprint density at radius 3 is 3.11 bits per heavy atom. The zero-order valence-corrected chi connectivity index (χ0v) is 11.6. The molecule has 0 radical (unpaired) electrons. The molecule has 0 aromatic carbocycles. The van der Waals surface area contributed by atoms with Gasteiger partial charge in [0.15, 0.2) is 0 Å². The van der Waals surface area contributed by atoms with E-state index in [-0.39, 0.29) is 0 Å². The summed E-state index contributed by atoms with van der Waals surface area (Å²) in [4.78, 5) is 4.51. The van der Waals surface area contributed by atoms with Crippen LogP contribution < -0.4 is 5.32 Å². The van der Waals surface area contributed by atoms with Crippen molar-refractivity contribution in [1.29, 1.82) is 0 Å². The first-order valence-electron chi connectivity index (χ1n) is 7.16. The van der Waals surface area contributed by atoms with Gasteiger partial charge in [0, 0.05) is 43.9 Å². The highest BCUT2D eigenvalue weighted by atomic mass is 16.5. The summed E-state index contributed by atoms with van der Waals surface area (Å²) in [6.07, 6.45) is 7.34. The Labute approximate surface area is 110 Å². The van der Waals surface area contributed by atoms with E-state index in [1.165, 1.54) is 12.2 Å². The molecule has 102 valence electrons. The van der Waals surface area contributed by atoms with Gasteiger partial charge in [0.25, 0.3) is 0 Å². The Morgan fingerprint density at radius 2 is 2.44 bits per heavy atom. The quantitative estimate of drug-likeness (QED) is 0.804. The van der Waals surface area contributed by atoms with Crippen LogP contribution in [0.1, 0.15) is 32.5 Å². The minimum absolute atomic E-state index is 0.496. The molecule has 4 nitrogen and oxygen atoms in total. The highest BCUT2D eigenvalue weighted by Gasteiger charge is 2.26. The molecule has 2 atom stereocenters. The van der Waals surface area contributed by atoms with Crippen LogP contribution in [0.3, 0.4) is 0 Å². The second-order valence-corrected chi connectivity index (χ2v) is 5.03. The molecule has 0 bridgehead atoms. The fourth-order valence-corrected chi connectivity index (χ4v) is 2.71. The number of nitrogens with zero attached hydrogens (tertiary/aromatic N) is 2. The molecule has 2 rings (SSSR count). The third-order valence-corrected chi connectivity index (χ3v) is 3.67. The summed E-state index contributed by atoms with van der Waals surface area (Å²) in [7, 11) is 0. The summed E-state index contributed by atoms with van der Waals surface area (Å²) in [6.45, 7) is 8.25. The van der Waals surface area contributed by atoms with Gasteiger partial charge in [-0.1, -0.05) is 13.8 Å². The van der Waals surface area contributed by atoms with Crippen molar-refractivity contribution in [3.63, 3.8) is 0 Å². The van der Waals surface area contributed by atoms with Crippen molar-refractivity contribution in [2.24, 2.45) is 5.92 Å². The van der Waals surface area contributed by atoms with Crippen LogP contribution in [-0.4, -0.2) is 35.4 Å². The molecule has 1 aromatic heterocycles. The maximum atomic E-state index is 5.51. The molecule has 2 heterocycles. The van der Waals surface area contributed by atoms with Crippen LogP contribution >= 0.6 is 0 Å². The van der Waals surface area contributed by atoms with Gasteiger partial charge in [-0.15, -0.1) is 0 Å². The third kappa shape index (κ3) is 3.33. The molecular weight excluding hydrogens is 226 g/mol. The Morgan fingerprint density at radius 1 is 1.56 bits per heavy atom. The Kier molecular flexibility index (Phi) is 5.20. The summed E-state index contributed by atoms with van der Waals surface area (Å²) in [5.74, 6) is 1.84. The van der Waals surface area contributed by atoms with Crippen LogP contribution in [0.25, 0.3) is 0 Å². The zero-order valence-electron chi connectivity index (χ0n) is 11.6. The van der Waals surface area contributed by atoms with Crippen molar-refractivity contribution >= 4 is 0 Å². The molecule has 1 N–H and O–H groups in total. The summed E-state index contributed by atoms with van der Waals surface area (Å²) in [5, 5.41) is 3.60. The van der Waals surface area contributed by atoms with Crippen LogP contribution in [0.4, 0.5) is 0 Å². The molecule has 0 saturated carbocycles. The van der Waals surface area contributed by atoms with E-state index in [0.717, 1.165) is 39.1 Å². The molecule has 0 amide bonds. The van der Waals surface area contributed by atoms with E-state index >= 15 is 0 Å². The number of rotatable bonds is 7. The lowest BCUT2D eigenvalue weighted by Gasteiger charge is -2.23. The Hall–Kier alpha value is -0.870. The lowest BCUT2D eigenvalue weighted by molar-refractivity contribution is 0.176. The predicted octanol–water partition coefficient (Wildman–Crippen LogP) is 1.85. The molecule has 18 heavy (non-hydrogen) atoms. The van der Waals surface area contributed by atoms with Gasteiger partial charge in [-0.3, -0.25) is 0 Å². The fourth-order valence-electron chi connectivity index (χ4n) is 2.71. The van der Waals surface area contributed by atoms with Crippen LogP contribution in [0.2, 0.25) is 0 Å². The van der Waals surface area contributed by atoms with E-state index in [4.69, 9.17) is 4.74 Å². The van der Waals surface area contributed by atoms with Crippen molar-refractivity contribution in [2.45, 2.75) is 45.7 Å². The number of hydrogen-bond donors (Lipinski definition) is 1. The molecule has 1 aliphatic rings. The largest absolute Gasteiger partial charge is 0.381 e. The van der Waals surface area contributed by atoms with Crippen molar-refractivity contribution in [2.75, 3.05) is 19.8 Å². The maximum absolute atomic E-state index is 5.51. The number of hydrogen-bond acceptors (Lipinski definition) is 3. The highest BCUT2D eigenvalue weighted by molar-refractivity contribution is 4.97. The molecule has 1 saturated heterocycles. The number of aromatic nitrogens is 2. The molecule has 4 heteroatoms. The second kappa shape index (κ2) is 6.90. The molecular formula is C14H25N3O. The molecule has 0 spiro atoms. The van der Waals surface area contributed by atoms with Crippen LogP contribution in [0.15, 0.2) is 12.4 Å². The summed E-state index contributed by atoms with van der Waals surface area (Å²) in [5.41, 5.74) is 0. The minimum atomic E-state index is 0.496. The number of nitrogens with one attached hydrogen (secondary N) is 1. The molecule has 0 aliphatic carbocycles. The van der Waals surface area contributed by atoms with Gasteiger partial charge in [0.2, 0.25) is 0 Å². The van der Waals surface area contributed by atoms with E-state index in [9.17, 15) is 0 Å². The van der Waals surface area contributed by atoms with Gasteiger partial charge in [0.05, 0.1) is 6.61 Å². The van der Waals surface area contributed by atoms with Gasteiger partial charge in [-0.25, -0.2) is 4.98 Å². The first-order chi connectivity index (χ1) is 8.85. The van der Waals surface area contributed by atoms with Crippen molar-refractivity contribution in [3.05, 3.63) is 18.2 Å². The Bertz CT molecular complexity index is 345. The Balaban J connectivity index is 2.00. The minimum Gasteiger partial charge on any atom is -0.381 e. The topological polar surface area (TPSA) is 39.1 Å². The molecule has 1 fully saturated rings. The van der Waals surface area contributed by atoms with Crippen LogP contribution in [0, 0.1) is 5.92 Å². The van der Waals surface area contributed by atoms with Gasteiger partial charge in [0.1, 0.15) is 5.82 Å². The van der Waals surface area contributed by atoms with Crippen LogP contribution in [-0.2, 0) is 17.7 Å². The van der Waals surface area contributed by atoms with E-state index in [1.54, 1.807) is 0 Å². The average molecular weight is 251 g/mol. The molecule has 1 aromatic rings. The summed E-state index contributed by atoms with van der Waals surface area (Å²) in [6, 6.07) is 0.496. The summed E-state index contributed by atoms with van der Waals surface area (Å²) >= 11 is 0. The SMILES string of the molecule is CCCn1ccnc1CC(NCC)C1CCOC1. The molecule has 2 unspecified atom stereocenters. The predicted molar refractivity (Wildman–Crippen MR) is 72.6 cm³/mol. The number of ether oxygens (including phenoxy) is 1. The highest BCUT2D eigenvalue weighted by Crippen LogP contribution is 2.19. The standard InChI is InChI=1S/C14H25N3O/c1-3-7-17-8-6-16-14(17)10-13(15-4-2)12-5-9-18-11-12/h6,8,12-13,15H,3-5,7,9-11H2,1-2H3. The van der Waals surface area contributed by atoms with E-state index < -0.39 is 0 Å². The third-order valence-electron chi connectivity index (χ3n) is 3.67. The normalized spacial score (nSPS) is 21.3. The monoisotopic (exact) mass is 251 g/mol. The van der Waals surface area contributed by atoms with Crippen molar-refractivity contribution in [3.8, 4) is 0 Å². The van der Waals surface area contributed by atoms with Crippen LogP contribution in [0.5, 0.6) is 0 Å². The number of aryl methyl sites for hydroxylation is 1. The average Bonchev–Trinajstić information content (AvgIpc) is 3.01. The van der Waals surface area contributed by atoms with E-state index in [2.05, 4.69) is 34.9 Å². The van der Waals surface area contributed by atoms with Gasteiger partial charge in [-0.2, -0.15) is 0 Å². The van der Waals surface area contributed by atoms with Gasteiger partial charge in [-0.05, 0) is 19.4 Å². The summed E-state index contributed by atoms with van der Waals surface area (Å²) < 4.78 is 7.79. The number of likely N-dealkylation sites (N-methyl/N-ethyl adjacent to an activating group) is 1. The first-order valence-corrected chi connectivity index (χ1v) is 7.16. The van der Waals surface area contributed by atoms with E-state index in [1.807, 2.05) is 6.20 Å². The van der Waals surface area contributed by atoms with Gasteiger partial charge >= 0.3 is 0 Å². The van der Waals surface area contributed by atoms with E-state index in [0.29, 0.717) is 12.0 Å². The zero-order chi connectivity index (χ0) is 12.8. The maximum Gasteiger partial charge on any atom is 0.110 e. The first kappa shape index (κ1) is 13.6. The van der Waals surface area contributed by atoms with Crippen molar-refractivity contribution < 1.29 is 4.74 Å². The number of imidazole rings is 1. The second-order valence-electron chi connectivity index (χ2n) is 5.03. The van der Waals surface area contributed by atoms with Crippen molar-refractivity contribution in [1.82, 2.24) is 14.9 Å². The fraction of sp³-hybridized carbons (Fsp3) is 0.786. The lowest BCUT2D eigenvalue weighted by atomic mass is 9.96. The molecule has 1 aliphatic heterocycles. The van der Waals surface area contributed by atoms with Gasteiger partial charge < -0.3 is 14.6 Å². The smallest absolute Gasteiger partial charge is 0.110 e.